The number of amides is 2. The third-order valence-electron chi connectivity index (χ3n) is 5.11. The molecule has 0 bridgehead atoms. The summed E-state index contributed by atoms with van der Waals surface area (Å²) in [5.41, 5.74) is 1.94. The van der Waals surface area contributed by atoms with Crippen molar-refractivity contribution in [3.63, 3.8) is 0 Å². The van der Waals surface area contributed by atoms with Crippen LogP contribution >= 0.6 is 11.6 Å². The molecule has 0 saturated heterocycles. The van der Waals surface area contributed by atoms with E-state index in [4.69, 9.17) is 11.6 Å². The summed E-state index contributed by atoms with van der Waals surface area (Å²) in [7, 11) is 0. The van der Waals surface area contributed by atoms with Crippen LogP contribution in [-0.4, -0.2) is 16.7 Å². The Labute approximate surface area is 182 Å². The van der Waals surface area contributed by atoms with Crippen molar-refractivity contribution in [1.29, 1.82) is 0 Å². The number of hydrogen-bond acceptors (Lipinski definition) is 3. The summed E-state index contributed by atoms with van der Waals surface area (Å²) in [6.07, 6.45) is 0. The number of imide groups is 1. The van der Waals surface area contributed by atoms with Crippen LogP contribution in [0.1, 0.15) is 16.7 Å². The Hall–Kier alpha value is -3.51. The van der Waals surface area contributed by atoms with E-state index in [9.17, 15) is 18.4 Å². The lowest BCUT2D eigenvalue weighted by Crippen LogP contribution is -2.32. The molecule has 1 heterocycles. The first kappa shape index (κ1) is 20.8. The van der Waals surface area contributed by atoms with Crippen LogP contribution in [0.15, 0.2) is 72.4 Å². The molecule has 0 saturated carbocycles. The Morgan fingerprint density at radius 1 is 0.903 bits per heavy atom. The number of hydrogen-bond donors (Lipinski definition) is 1. The third-order valence-corrected chi connectivity index (χ3v) is 5.52. The molecule has 3 aromatic rings. The molecule has 3 aromatic carbocycles. The minimum absolute atomic E-state index is 0.0262. The van der Waals surface area contributed by atoms with Gasteiger partial charge in [0.05, 0.1) is 12.1 Å². The van der Waals surface area contributed by atoms with E-state index in [-0.39, 0.29) is 23.4 Å². The predicted molar refractivity (Wildman–Crippen MR) is 115 cm³/mol. The molecule has 156 valence electrons. The molecule has 4 nitrogen and oxygen atoms in total. The Bertz CT molecular complexity index is 1220. The monoisotopic (exact) mass is 438 g/mol. The lowest BCUT2D eigenvalue weighted by atomic mass is 10.0. The van der Waals surface area contributed by atoms with Gasteiger partial charge in [-0.05, 0) is 48.4 Å². The first-order valence-corrected chi connectivity index (χ1v) is 9.86. The van der Waals surface area contributed by atoms with Gasteiger partial charge in [-0.15, -0.1) is 0 Å². The van der Waals surface area contributed by atoms with Crippen molar-refractivity contribution in [2.75, 3.05) is 5.32 Å². The van der Waals surface area contributed by atoms with Crippen LogP contribution in [-0.2, 0) is 16.1 Å². The van der Waals surface area contributed by atoms with Crippen LogP contribution in [0.2, 0.25) is 5.02 Å². The second kappa shape index (κ2) is 8.32. The molecular weight excluding hydrogens is 422 g/mol. The van der Waals surface area contributed by atoms with Crippen LogP contribution < -0.4 is 5.32 Å². The fraction of sp³-hybridized carbons (Fsp3) is 0.0833. The standard InChI is InChI=1S/C24H17ClF2N2O2/c1-14-18(25)6-4-8-20(14)28-22-21(15-9-11-17(26)12-10-15)23(30)29(24(22)31)13-16-5-2-3-7-19(16)27/h2-12,28H,13H2,1H3. The highest BCUT2D eigenvalue weighted by Gasteiger charge is 2.39. The second-order valence-corrected chi connectivity index (χ2v) is 7.49. The number of halogens is 3. The van der Waals surface area contributed by atoms with Gasteiger partial charge in [0.15, 0.2) is 0 Å². The molecule has 1 N–H and O–H groups in total. The zero-order valence-electron chi connectivity index (χ0n) is 16.5. The summed E-state index contributed by atoms with van der Waals surface area (Å²) in [5.74, 6) is -2.18. The van der Waals surface area contributed by atoms with Crippen LogP contribution in [0.4, 0.5) is 14.5 Å². The topological polar surface area (TPSA) is 49.4 Å². The SMILES string of the molecule is Cc1c(Cl)cccc1NC1=C(c2ccc(F)cc2)C(=O)N(Cc2ccccc2F)C1=O. The second-order valence-electron chi connectivity index (χ2n) is 7.08. The van der Waals surface area contributed by atoms with Crippen molar-refractivity contribution in [1.82, 2.24) is 4.90 Å². The Morgan fingerprint density at radius 3 is 2.32 bits per heavy atom. The van der Waals surface area contributed by atoms with Gasteiger partial charge in [0, 0.05) is 16.3 Å². The van der Waals surface area contributed by atoms with Crippen LogP contribution in [0, 0.1) is 18.6 Å². The zero-order chi connectivity index (χ0) is 22.1. The van der Waals surface area contributed by atoms with Crippen LogP contribution in [0.3, 0.4) is 0 Å². The van der Waals surface area contributed by atoms with Gasteiger partial charge in [0.25, 0.3) is 11.8 Å². The minimum atomic E-state index is -0.605. The summed E-state index contributed by atoms with van der Waals surface area (Å²) < 4.78 is 27.6. The molecule has 7 heteroatoms. The highest BCUT2D eigenvalue weighted by molar-refractivity contribution is 6.36. The van der Waals surface area contributed by atoms with E-state index in [0.717, 1.165) is 4.90 Å². The summed E-state index contributed by atoms with van der Waals surface area (Å²) in [4.78, 5) is 27.4. The van der Waals surface area contributed by atoms with Crippen LogP contribution in [0.25, 0.3) is 5.57 Å². The number of benzene rings is 3. The number of nitrogens with one attached hydrogen (secondary N) is 1. The smallest absolute Gasteiger partial charge is 0.278 e. The van der Waals surface area contributed by atoms with E-state index < -0.39 is 23.4 Å². The van der Waals surface area contributed by atoms with Crippen molar-refractivity contribution >= 4 is 34.7 Å². The van der Waals surface area contributed by atoms with Crippen LogP contribution in [0.5, 0.6) is 0 Å². The average molecular weight is 439 g/mol. The van der Waals surface area contributed by atoms with Gasteiger partial charge in [0.1, 0.15) is 17.3 Å². The van der Waals surface area contributed by atoms with E-state index >= 15 is 0 Å². The maximum Gasteiger partial charge on any atom is 0.278 e. The van der Waals surface area contributed by atoms with Crippen molar-refractivity contribution in [2.24, 2.45) is 0 Å². The molecule has 0 radical (unpaired) electrons. The third kappa shape index (κ3) is 3.94. The van der Waals surface area contributed by atoms with Gasteiger partial charge >= 0.3 is 0 Å². The molecule has 2 amide bonds. The number of carbonyl (C=O) groups excluding carboxylic acids is 2. The van der Waals surface area contributed by atoms with Crippen molar-refractivity contribution < 1.29 is 18.4 Å². The summed E-state index contributed by atoms with van der Waals surface area (Å²) in [6.45, 7) is 1.55. The Balaban J connectivity index is 1.78. The molecule has 1 aliphatic rings. The summed E-state index contributed by atoms with van der Waals surface area (Å²) in [6, 6.07) is 16.4. The quantitative estimate of drug-likeness (QED) is 0.548. The normalized spacial score (nSPS) is 13.9. The van der Waals surface area contributed by atoms with Gasteiger partial charge in [-0.2, -0.15) is 0 Å². The highest BCUT2D eigenvalue weighted by atomic mass is 35.5. The molecule has 0 aromatic heterocycles. The van der Waals surface area contributed by atoms with E-state index in [1.807, 2.05) is 0 Å². The van der Waals surface area contributed by atoms with Gasteiger partial charge < -0.3 is 5.32 Å². The fourth-order valence-electron chi connectivity index (χ4n) is 3.39. The largest absolute Gasteiger partial charge is 0.350 e. The maximum atomic E-state index is 14.2. The molecule has 0 spiro atoms. The Morgan fingerprint density at radius 2 is 1.61 bits per heavy atom. The van der Waals surface area contributed by atoms with Gasteiger partial charge in [-0.25, -0.2) is 8.78 Å². The first-order valence-electron chi connectivity index (χ1n) is 9.48. The van der Waals surface area contributed by atoms with E-state index in [2.05, 4.69) is 5.32 Å². The van der Waals surface area contributed by atoms with E-state index in [0.29, 0.717) is 21.8 Å². The molecular formula is C24H17ClF2N2O2. The molecule has 4 rings (SSSR count). The van der Waals surface area contributed by atoms with Crippen molar-refractivity contribution in [3.8, 4) is 0 Å². The number of carbonyl (C=O) groups is 2. The first-order chi connectivity index (χ1) is 14.9. The molecule has 1 aliphatic heterocycles. The lowest BCUT2D eigenvalue weighted by molar-refractivity contribution is -0.137. The maximum absolute atomic E-state index is 14.2. The molecule has 0 unspecified atom stereocenters. The summed E-state index contributed by atoms with van der Waals surface area (Å²) >= 11 is 6.19. The van der Waals surface area contributed by atoms with Crippen molar-refractivity contribution in [3.05, 3.63) is 106 Å². The zero-order valence-corrected chi connectivity index (χ0v) is 17.2. The van der Waals surface area contributed by atoms with E-state index in [1.165, 1.54) is 42.5 Å². The number of rotatable bonds is 5. The highest BCUT2D eigenvalue weighted by Crippen LogP contribution is 2.33. The van der Waals surface area contributed by atoms with Gasteiger partial charge in [0.2, 0.25) is 0 Å². The lowest BCUT2D eigenvalue weighted by Gasteiger charge is -2.16. The van der Waals surface area contributed by atoms with E-state index in [1.54, 1.807) is 31.2 Å². The molecule has 0 fully saturated rings. The van der Waals surface area contributed by atoms with Crippen molar-refractivity contribution in [2.45, 2.75) is 13.5 Å². The summed E-state index contributed by atoms with van der Waals surface area (Å²) in [5, 5.41) is 3.51. The average Bonchev–Trinajstić information content (AvgIpc) is 2.98. The van der Waals surface area contributed by atoms with Gasteiger partial charge in [-0.3, -0.25) is 14.5 Å². The number of anilines is 1. The van der Waals surface area contributed by atoms with Gasteiger partial charge in [-0.1, -0.05) is 48.0 Å². The number of nitrogens with zero attached hydrogens (tertiary/aromatic N) is 1. The molecule has 31 heavy (non-hydrogen) atoms. The fourth-order valence-corrected chi connectivity index (χ4v) is 3.57. The minimum Gasteiger partial charge on any atom is -0.350 e. The predicted octanol–water partition coefficient (Wildman–Crippen LogP) is 5.32. The molecule has 0 atom stereocenters. The Kier molecular flexibility index (Phi) is 5.57. The molecule has 0 aliphatic carbocycles.